The summed E-state index contributed by atoms with van der Waals surface area (Å²) in [7, 11) is 0. The quantitative estimate of drug-likeness (QED) is 0.600. The molecular weight excluding hydrogens is 266 g/mol. The van der Waals surface area contributed by atoms with E-state index < -0.39 is 6.09 Å². The lowest BCUT2D eigenvalue weighted by Gasteiger charge is -2.08. The lowest BCUT2D eigenvalue weighted by Crippen LogP contribution is -2.19. The van der Waals surface area contributed by atoms with Crippen molar-refractivity contribution in [2.75, 3.05) is 0 Å². The molecule has 0 aliphatic rings. The molecule has 0 saturated heterocycles. The van der Waals surface area contributed by atoms with Crippen LogP contribution in [0.4, 0.5) is 4.79 Å². The largest absolute Gasteiger partial charge is 0.489 e. The first-order valence-electron chi connectivity index (χ1n) is 6.83. The van der Waals surface area contributed by atoms with E-state index in [-0.39, 0.29) is 0 Å². The van der Waals surface area contributed by atoms with Crippen molar-refractivity contribution in [2.24, 2.45) is 0 Å². The van der Waals surface area contributed by atoms with Crippen molar-refractivity contribution in [3.8, 4) is 0 Å². The maximum absolute atomic E-state index is 10.6. The summed E-state index contributed by atoms with van der Waals surface area (Å²) in [4.78, 5) is 10.6. The van der Waals surface area contributed by atoms with Crippen molar-refractivity contribution >= 4 is 6.09 Å². The van der Waals surface area contributed by atoms with Crippen LogP contribution in [-0.2, 0) is 11.3 Å². The average Bonchev–Trinajstić information content (AvgIpc) is 2.52. The zero-order chi connectivity index (χ0) is 16.1. The topological polar surface area (TPSA) is 58.6 Å². The zero-order valence-corrected chi connectivity index (χ0v) is 12.8. The van der Waals surface area contributed by atoms with Gasteiger partial charge in [-0.2, -0.15) is 0 Å². The molecule has 2 N–H and O–H groups in total. The van der Waals surface area contributed by atoms with E-state index in [1.54, 1.807) is 12.2 Å². The van der Waals surface area contributed by atoms with Crippen molar-refractivity contribution in [3.63, 3.8) is 0 Å². The molecule has 0 fully saturated rings. The maximum atomic E-state index is 10.6. The summed E-state index contributed by atoms with van der Waals surface area (Å²) < 4.78 is 5.60. The summed E-state index contributed by atoms with van der Waals surface area (Å²) in [5, 5.41) is 10.9. The van der Waals surface area contributed by atoms with Gasteiger partial charge in [-0.3, -0.25) is 5.32 Å². The van der Waals surface area contributed by atoms with Gasteiger partial charge in [0, 0.05) is 11.8 Å². The minimum Gasteiger partial charge on any atom is -0.489 e. The van der Waals surface area contributed by atoms with Crippen LogP contribution in [0.5, 0.6) is 0 Å². The summed E-state index contributed by atoms with van der Waals surface area (Å²) >= 11 is 0. The molecule has 0 aromatic heterocycles. The molecule has 0 aliphatic carbocycles. The van der Waals surface area contributed by atoms with Crippen LogP contribution in [0.2, 0.25) is 0 Å². The fourth-order valence-electron chi connectivity index (χ4n) is 1.37. The fourth-order valence-corrected chi connectivity index (χ4v) is 1.37. The third kappa shape index (κ3) is 8.31. The molecule has 0 spiro atoms. The minimum atomic E-state index is -1.13. The van der Waals surface area contributed by atoms with Gasteiger partial charge in [-0.05, 0) is 24.6 Å². The lowest BCUT2D eigenvalue weighted by molar-refractivity contribution is 0.197. The second kappa shape index (κ2) is 11.3. The molecule has 4 nitrogen and oxygen atoms in total. The number of amides is 1. The smallest absolute Gasteiger partial charge is 0.409 e. The van der Waals surface area contributed by atoms with Crippen LogP contribution in [0.3, 0.4) is 0 Å². The highest BCUT2D eigenvalue weighted by Crippen LogP contribution is 2.09. The van der Waals surface area contributed by atoms with Gasteiger partial charge in [0.15, 0.2) is 0 Å². The number of allylic oxidation sites excluding steroid dienone is 3. The van der Waals surface area contributed by atoms with Gasteiger partial charge >= 0.3 is 6.09 Å². The van der Waals surface area contributed by atoms with Gasteiger partial charge in [0.1, 0.15) is 12.4 Å². The monoisotopic (exact) mass is 289 g/mol. The molecule has 4 heteroatoms. The predicted octanol–water partition coefficient (Wildman–Crippen LogP) is 4.47. The molecule has 1 aromatic carbocycles. The van der Waals surface area contributed by atoms with E-state index in [0.29, 0.717) is 18.1 Å². The van der Waals surface area contributed by atoms with E-state index >= 15 is 0 Å². The van der Waals surface area contributed by atoms with Crippen molar-refractivity contribution in [1.29, 1.82) is 0 Å². The number of ether oxygens (including phenoxy) is 1. The van der Waals surface area contributed by atoms with Gasteiger partial charge < -0.3 is 9.84 Å². The molecule has 21 heavy (non-hydrogen) atoms. The van der Waals surface area contributed by atoms with Gasteiger partial charge in [0.2, 0.25) is 0 Å². The Morgan fingerprint density at radius 2 is 1.95 bits per heavy atom. The Labute approximate surface area is 126 Å². The number of nitrogens with one attached hydrogen (secondary N) is 1. The molecule has 1 rings (SSSR count). The number of hydrogen-bond acceptors (Lipinski definition) is 2. The number of carbonyl (C=O) groups is 1. The molecule has 0 radical (unpaired) electrons. The van der Waals surface area contributed by atoms with Crippen molar-refractivity contribution in [2.45, 2.75) is 27.4 Å². The first-order chi connectivity index (χ1) is 10.2. The minimum absolute atomic E-state index is 0.369. The maximum Gasteiger partial charge on any atom is 0.409 e. The standard InChI is InChI=1S/C15H17NO3.C2H6/c1-3-13(16-15(17)18)10-14(4-2)19-11-12-8-6-5-7-9-12;1-2/h3-10,16H,1,11H2,2H3,(H,17,18);1-2H3/b13-10+,14-4+;. The van der Waals surface area contributed by atoms with Crippen molar-refractivity contribution < 1.29 is 14.6 Å². The Morgan fingerprint density at radius 1 is 1.33 bits per heavy atom. The van der Waals surface area contributed by atoms with E-state index in [9.17, 15) is 4.79 Å². The Balaban J connectivity index is 0.00000191. The summed E-state index contributed by atoms with van der Waals surface area (Å²) in [6, 6.07) is 9.73. The van der Waals surface area contributed by atoms with Crippen molar-refractivity contribution in [1.82, 2.24) is 5.32 Å². The highest BCUT2D eigenvalue weighted by molar-refractivity contribution is 5.67. The normalized spacial score (nSPS) is 11.0. The number of benzene rings is 1. The Bertz CT molecular complexity index is 490. The molecule has 1 aromatic rings. The van der Waals surface area contributed by atoms with Gasteiger partial charge in [-0.25, -0.2) is 4.79 Å². The first-order valence-corrected chi connectivity index (χ1v) is 6.83. The average molecular weight is 289 g/mol. The molecular formula is C17H23NO3. The van der Waals surface area contributed by atoms with E-state index in [2.05, 4.69) is 11.9 Å². The van der Waals surface area contributed by atoms with E-state index in [0.717, 1.165) is 5.56 Å². The van der Waals surface area contributed by atoms with Crippen LogP contribution in [0.25, 0.3) is 0 Å². The molecule has 0 aliphatic heterocycles. The van der Waals surface area contributed by atoms with Crippen LogP contribution < -0.4 is 5.32 Å². The SMILES string of the molecule is C=C/C(=C\C(=C/C)OCc1ccccc1)NC(=O)O.CC. The highest BCUT2D eigenvalue weighted by atomic mass is 16.5. The van der Waals surface area contributed by atoms with Crippen LogP contribution in [0.15, 0.2) is 66.6 Å². The number of hydrogen-bond donors (Lipinski definition) is 2. The summed E-state index contributed by atoms with van der Waals surface area (Å²) in [6.45, 7) is 9.79. The summed E-state index contributed by atoms with van der Waals surface area (Å²) in [6.07, 6.45) is 3.63. The molecule has 1 amide bonds. The molecule has 0 heterocycles. The van der Waals surface area contributed by atoms with Gasteiger partial charge in [-0.15, -0.1) is 0 Å². The Morgan fingerprint density at radius 3 is 2.43 bits per heavy atom. The second-order valence-electron chi connectivity index (χ2n) is 3.70. The van der Waals surface area contributed by atoms with Crippen LogP contribution in [0, 0.1) is 0 Å². The summed E-state index contributed by atoms with van der Waals surface area (Å²) in [5.74, 6) is 0.576. The molecule has 0 saturated carbocycles. The van der Waals surface area contributed by atoms with Gasteiger partial charge in [0.25, 0.3) is 0 Å². The predicted molar refractivity (Wildman–Crippen MR) is 85.8 cm³/mol. The van der Waals surface area contributed by atoms with Gasteiger partial charge in [-0.1, -0.05) is 50.8 Å². The Hall–Kier alpha value is -2.49. The van der Waals surface area contributed by atoms with Gasteiger partial charge in [0.05, 0.1) is 0 Å². The zero-order valence-electron chi connectivity index (χ0n) is 12.8. The molecule has 0 unspecified atom stereocenters. The third-order valence-corrected chi connectivity index (χ3v) is 2.30. The van der Waals surface area contributed by atoms with E-state index in [4.69, 9.17) is 9.84 Å². The Kier molecular flexibility index (Phi) is 10.0. The molecule has 0 atom stereocenters. The second-order valence-corrected chi connectivity index (χ2v) is 3.70. The first kappa shape index (κ1) is 18.5. The number of carboxylic acid groups (broad SMARTS) is 1. The van der Waals surface area contributed by atoms with E-state index in [1.807, 2.05) is 51.1 Å². The number of rotatable bonds is 6. The fraction of sp³-hybridized carbons (Fsp3) is 0.235. The highest BCUT2D eigenvalue weighted by Gasteiger charge is 2.00. The van der Waals surface area contributed by atoms with Crippen LogP contribution in [0.1, 0.15) is 26.3 Å². The lowest BCUT2D eigenvalue weighted by atomic mass is 10.2. The molecule has 0 bridgehead atoms. The van der Waals surface area contributed by atoms with Crippen molar-refractivity contribution in [3.05, 3.63) is 72.2 Å². The molecule has 114 valence electrons. The third-order valence-electron chi connectivity index (χ3n) is 2.30. The van der Waals surface area contributed by atoms with Crippen LogP contribution >= 0.6 is 0 Å². The summed E-state index contributed by atoms with van der Waals surface area (Å²) in [5.41, 5.74) is 1.41. The van der Waals surface area contributed by atoms with E-state index in [1.165, 1.54) is 6.08 Å². The van der Waals surface area contributed by atoms with Crippen LogP contribution in [-0.4, -0.2) is 11.2 Å².